The van der Waals surface area contributed by atoms with Crippen LogP contribution in [0.5, 0.6) is 5.75 Å². The summed E-state index contributed by atoms with van der Waals surface area (Å²) in [5.74, 6) is 0.315. The average Bonchev–Trinajstić information content (AvgIpc) is 2.85. The molecule has 0 bridgehead atoms. The molecule has 0 saturated carbocycles. The fraction of sp³-hybridized carbons (Fsp3) is 0.154. The first kappa shape index (κ1) is 12.8. The Balaban J connectivity index is 2.04. The van der Waals surface area contributed by atoms with Crippen molar-refractivity contribution in [1.82, 2.24) is 10.2 Å². The molecule has 6 nitrogen and oxygen atoms in total. The van der Waals surface area contributed by atoms with Gasteiger partial charge in [-0.1, -0.05) is 12.1 Å². The minimum atomic E-state index is -1.06. The molecular weight excluding hydrogens is 248 g/mol. The maximum atomic E-state index is 10.3. The molecule has 0 aliphatic rings. The molecule has 0 aliphatic heterocycles. The molecule has 0 aliphatic carbocycles. The zero-order valence-corrected chi connectivity index (χ0v) is 10.2. The maximum absolute atomic E-state index is 10.3. The smallest absolute Gasteiger partial charge is 0.328 e. The summed E-state index contributed by atoms with van der Waals surface area (Å²) < 4.78 is 10.4. The molecule has 6 heteroatoms. The van der Waals surface area contributed by atoms with Crippen LogP contribution in [0.15, 0.2) is 34.8 Å². The van der Waals surface area contributed by atoms with Crippen LogP contribution >= 0.6 is 0 Å². The fourth-order valence-electron chi connectivity index (χ4n) is 1.47. The number of methoxy groups -OCH3 is 1. The van der Waals surface area contributed by atoms with E-state index in [0.717, 1.165) is 17.4 Å². The van der Waals surface area contributed by atoms with Crippen LogP contribution in [0.1, 0.15) is 17.3 Å². The van der Waals surface area contributed by atoms with E-state index in [2.05, 4.69) is 10.2 Å². The first-order valence-electron chi connectivity index (χ1n) is 5.53. The van der Waals surface area contributed by atoms with Gasteiger partial charge in [0, 0.05) is 12.2 Å². The number of ether oxygens (including phenoxy) is 1. The fourth-order valence-corrected chi connectivity index (χ4v) is 1.47. The average molecular weight is 260 g/mol. The lowest BCUT2D eigenvalue weighted by Crippen LogP contribution is -1.89. The van der Waals surface area contributed by atoms with Gasteiger partial charge in [0.05, 0.1) is 13.5 Å². The normalized spacial score (nSPS) is 10.8. The molecule has 0 spiro atoms. The molecule has 0 radical (unpaired) electrons. The lowest BCUT2D eigenvalue weighted by molar-refractivity contribution is -0.131. The van der Waals surface area contributed by atoms with Gasteiger partial charge in [0.1, 0.15) is 5.75 Å². The number of carboxylic acids is 1. The van der Waals surface area contributed by atoms with Crippen molar-refractivity contribution in [1.29, 1.82) is 0 Å². The third kappa shape index (κ3) is 3.67. The Morgan fingerprint density at radius 2 is 2.11 bits per heavy atom. The van der Waals surface area contributed by atoms with Gasteiger partial charge in [-0.15, -0.1) is 10.2 Å². The van der Waals surface area contributed by atoms with Crippen LogP contribution in [0.3, 0.4) is 0 Å². The molecule has 1 aromatic carbocycles. The summed E-state index contributed by atoms with van der Waals surface area (Å²) in [5, 5.41) is 16.0. The highest BCUT2D eigenvalue weighted by Gasteiger charge is 2.05. The molecule has 1 aromatic heterocycles. The molecule has 0 atom stereocenters. The van der Waals surface area contributed by atoms with Crippen molar-refractivity contribution in [3.05, 3.63) is 47.7 Å². The molecule has 2 aromatic rings. The summed E-state index contributed by atoms with van der Waals surface area (Å²) in [7, 11) is 1.61. The number of rotatable bonds is 5. The summed E-state index contributed by atoms with van der Waals surface area (Å²) >= 11 is 0. The molecule has 1 N–H and O–H groups in total. The SMILES string of the molecule is COc1ccc(Cc2nnc(/C=C/C(=O)O)o2)cc1. The van der Waals surface area contributed by atoms with E-state index in [4.69, 9.17) is 14.3 Å². The maximum Gasteiger partial charge on any atom is 0.328 e. The topological polar surface area (TPSA) is 85.5 Å². The quantitative estimate of drug-likeness (QED) is 0.824. The van der Waals surface area contributed by atoms with Crippen molar-refractivity contribution in [3.8, 4) is 5.75 Å². The minimum absolute atomic E-state index is 0.172. The minimum Gasteiger partial charge on any atom is -0.497 e. The molecular formula is C13H12N2O4. The third-order valence-corrected chi connectivity index (χ3v) is 2.37. The summed E-state index contributed by atoms with van der Waals surface area (Å²) in [6.45, 7) is 0. The summed E-state index contributed by atoms with van der Waals surface area (Å²) in [4.78, 5) is 10.3. The van der Waals surface area contributed by atoms with Gasteiger partial charge in [0.15, 0.2) is 0 Å². The van der Waals surface area contributed by atoms with Crippen LogP contribution in [0, 0.1) is 0 Å². The van der Waals surface area contributed by atoms with E-state index in [9.17, 15) is 4.79 Å². The number of aliphatic carboxylic acids is 1. The first-order valence-corrected chi connectivity index (χ1v) is 5.53. The van der Waals surface area contributed by atoms with Crippen molar-refractivity contribution in [2.45, 2.75) is 6.42 Å². The number of nitrogens with zero attached hydrogens (tertiary/aromatic N) is 2. The zero-order valence-electron chi connectivity index (χ0n) is 10.2. The summed E-state index contributed by atoms with van der Waals surface area (Å²) in [6.07, 6.45) is 2.69. The van der Waals surface area contributed by atoms with E-state index >= 15 is 0 Å². The van der Waals surface area contributed by atoms with Crippen molar-refractivity contribution in [2.24, 2.45) is 0 Å². The number of carbonyl (C=O) groups is 1. The Kier molecular flexibility index (Phi) is 3.92. The Morgan fingerprint density at radius 3 is 2.74 bits per heavy atom. The van der Waals surface area contributed by atoms with E-state index < -0.39 is 5.97 Å². The van der Waals surface area contributed by atoms with Gasteiger partial charge >= 0.3 is 5.97 Å². The molecule has 98 valence electrons. The Morgan fingerprint density at radius 1 is 1.37 bits per heavy atom. The number of hydrogen-bond acceptors (Lipinski definition) is 5. The summed E-state index contributed by atoms with van der Waals surface area (Å²) in [5.41, 5.74) is 0.998. The van der Waals surface area contributed by atoms with E-state index in [-0.39, 0.29) is 5.89 Å². The predicted molar refractivity (Wildman–Crippen MR) is 66.8 cm³/mol. The second-order valence-electron chi connectivity index (χ2n) is 3.73. The highest BCUT2D eigenvalue weighted by molar-refractivity contribution is 5.84. The van der Waals surface area contributed by atoms with Crippen LogP contribution in [0.4, 0.5) is 0 Å². The monoisotopic (exact) mass is 260 g/mol. The molecule has 0 saturated heterocycles. The largest absolute Gasteiger partial charge is 0.497 e. The van der Waals surface area contributed by atoms with Gasteiger partial charge < -0.3 is 14.3 Å². The molecule has 2 rings (SSSR count). The van der Waals surface area contributed by atoms with E-state index in [1.165, 1.54) is 6.08 Å². The van der Waals surface area contributed by atoms with E-state index in [1.54, 1.807) is 7.11 Å². The van der Waals surface area contributed by atoms with Crippen molar-refractivity contribution in [2.75, 3.05) is 7.11 Å². The van der Waals surface area contributed by atoms with Gasteiger partial charge in [0.2, 0.25) is 11.8 Å². The third-order valence-electron chi connectivity index (χ3n) is 2.37. The van der Waals surface area contributed by atoms with E-state index in [0.29, 0.717) is 12.3 Å². The van der Waals surface area contributed by atoms with Crippen LogP contribution < -0.4 is 4.74 Å². The molecule has 1 heterocycles. The van der Waals surface area contributed by atoms with Gasteiger partial charge in [-0.25, -0.2) is 4.79 Å². The number of benzene rings is 1. The van der Waals surface area contributed by atoms with Gasteiger partial charge in [-0.05, 0) is 17.7 Å². The van der Waals surface area contributed by atoms with Crippen LogP contribution in [-0.4, -0.2) is 28.4 Å². The second kappa shape index (κ2) is 5.81. The lowest BCUT2D eigenvalue weighted by Gasteiger charge is -2.00. The molecule has 0 amide bonds. The van der Waals surface area contributed by atoms with Crippen molar-refractivity contribution >= 4 is 12.0 Å². The van der Waals surface area contributed by atoms with Crippen LogP contribution in [0.25, 0.3) is 6.08 Å². The number of hydrogen-bond donors (Lipinski definition) is 1. The van der Waals surface area contributed by atoms with E-state index in [1.807, 2.05) is 24.3 Å². The van der Waals surface area contributed by atoms with Crippen molar-refractivity contribution in [3.63, 3.8) is 0 Å². The predicted octanol–water partition coefficient (Wildman–Crippen LogP) is 1.77. The van der Waals surface area contributed by atoms with Crippen LogP contribution in [0.2, 0.25) is 0 Å². The lowest BCUT2D eigenvalue weighted by atomic mass is 10.1. The highest BCUT2D eigenvalue weighted by Crippen LogP contribution is 2.14. The Bertz CT molecular complexity index is 587. The van der Waals surface area contributed by atoms with Gasteiger partial charge in [0.25, 0.3) is 0 Å². The van der Waals surface area contributed by atoms with Gasteiger partial charge in [-0.3, -0.25) is 0 Å². The second-order valence-corrected chi connectivity index (χ2v) is 3.73. The summed E-state index contributed by atoms with van der Waals surface area (Å²) in [6, 6.07) is 7.49. The van der Waals surface area contributed by atoms with Gasteiger partial charge in [-0.2, -0.15) is 0 Å². The number of carboxylic acid groups (broad SMARTS) is 1. The van der Waals surface area contributed by atoms with Crippen molar-refractivity contribution < 1.29 is 19.1 Å². The molecule has 19 heavy (non-hydrogen) atoms. The van der Waals surface area contributed by atoms with Crippen LogP contribution in [-0.2, 0) is 11.2 Å². The Labute approximate surface area is 109 Å². The number of aromatic nitrogens is 2. The molecule has 0 unspecified atom stereocenters. The molecule has 0 fully saturated rings. The Hall–Kier alpha value is -2.63. The zero-order chi connectivity index (χ0) is 13.7. The first-order chi connectivity index (χ1) is 9.17. The highest BCUT2D eigenvalue weighted by atomic mass is 16.5. The standard InChI is InChI=1S/C13H12N2O4/c1-18-10-4-2-9(3-5-10)8-12-15-14-11(19-12)6-7-13(16)17/h2-7H,8H2,1H3,(H,16,17)/b7-6+.